The van der Waals surface area contributed by atoms with Gasteiger partial charge in [0, 0.05) is 12.1 Å². The van der Waals surface area contributed by atoms with Crippen LogP contribution >= 0.6 is 0 Å². The molecule has 20 heavy (non-hydrogen) atoms. The van der Waals surface area contributed by atoms with Crippen LogP contribution in [0.15, 0.2) is 30.3 Å². The number of carbonyl (C=O) groups excluding carboxylic acids is 1. The Labute approximate surface area is 121 Å². The van der Waals surface area contributed by atoms with Crippen LogP contribution in [0.4, 0.5) is 0 Å². The van der Waals surface area contributed by atoms with Crippen LogP contribution in [0.1, 0.15) is 50.1 Å². The molecular weight excluding hydrogens is 248 g/mol. The second-order valence-corrected chi connectivity index (χ2v) is 6.16. The van der Waals surface area contributed by atoms with E-state index >= 15 is 0 Å². The SMILES string of the molecule is O=C(CN[C@H](c1ccccc1)C1CC1)NC1CCCC1. The number of carbonyl (C=O) groups is 1. The van der Waals surface area contributed by atoms with Gasteiger partial charge in [0.1, 0.15) is 0 Å². The highest BCUT2D eigenvalue weighted by molar-refractivity contribution is 5.78. The minimum absolute atomic E-state index is 0.151. The molecule has 0 unspecified atom stereocenters. The molecule has 1 aromatic carbocycles. The van der Waals surface area contributed by atoms with Crippen LogP contribution in [0.5, 0.6) is 0 Å². The van der Waals surface area contributed by atoms with Crippen molar-refractivity contribution < 1.29 is 4.79 Å². The summed E-state index contributed by atoms with van der Waals surface area (Å²) in [6, 6.07) is 11.3. The van der Waals surface area contributed by atoms with Crippen LogP contribution in [0.3, 0.4) is 0 Å². The molecule has 2 saturated carbocycles. The van der Waals surface area contributed by atoms with Crippen LogP contribution < -0.4 is 10.6 Å². The van der Waals surface area contributed by atoms with Crippen LogP contribution in [0, 0.1) is 5.92 Å². The van der Waals surface area contributed by atoms with E-state index < -0.39 is 0 Å². The first kappa shape index (κ1) is 13.6. The van der Waals surface area contributed by atoms with E-state index in [2.05, 4.69) is 34.9 Å². The molecule has 1 atom stereocenters. The number of benzene rings is 1. The maximum atomic E-state index is 12.0. The highest BCUT2D eigenvalue weighted by atomic mass is 16.2. The molecule has 2 N–H and O–H groups in total. The minimum atomic E-state index is 0.151. The molecule has 1 aromatic rings. The summed E-state index contributed by atoms with van der Waals surface area (Å²) in [5.41, 5.74) is 1.31. The zero-order chi connectivity index (χ0) is 13.8. The second kappa shape index (κ2) is 6.40. The predicted molar refractivity (Wildman–Crippen MR) is 80.3 cm³/mol. The van der Waals surface area contributed by atoms with Gasteiger partial charge in [0.2, 0.25) is 5.91 Å². The molecule has 0 aromatic heterocycles. The number of hydrogen-bond donors (Lipinski definition) is 2. The summed E-state index contributed by atoms with van der Waals surface area (Å²) in [4.78, 5) is 12.0. The van der Waals surface area contributed by atoms with Gasteiger partial charge in [0.05, 0.1) is 6.54 Å². The van der Waals surface area contributed by atoms with E-state index in [9.17, 15) is 4.79 Å². The van der Waals surface area contributed by atoms with Crippen molar-refractivity contribution in [2.75, 3.05) is 6.54 Å². The average molecular weight is 272 g/mol. The summed E-state index contributed by atoms with van der Waals surface area (Å²) in [5, 5.41) is 6.60. The van der Waals surface area contributed by atoms with Gasteiger partial charge in [0.15, 0.2) is 0 Å². The lowest BCUT2D eigenvalue weighted by atomic mass is 10.0. The number of hydrogen-bond acceptors (Lipinski definition) is 2. The van der Waals surface area contributed by atoms with Gasteiger partial charge >= 0.3 is 0 Å². The summed E-state index contributed by atoms with van der Waals surface area (Å²) in [6.07, 6.45) is 7.36. The number of amides is 1. The number of nitrogens with one attached hydrogen (secondary N) is 2. The largest absolute Gasteiger partial charge is 0.352 e. The fourth-order valence-electron chi connectivity index (χ4n) is 3.20. The van der Waals surface area contributed by atoms with Crippen molar-refractivity contribution in [1.29, 1.82) is 0 Å². The monoisotopic (exact) mass is 272 g/mol. The number of rotatable bonds is 6. The quantitative estimate of drug-likeness (QED) is 0.836. The van der Waals surface area contributed by atoms with Crippen LogP contribution in [-0.2, 0) is 4.79 Å². The molecule has 0 heterocycles. The van der Waals surface area contributed by atoms with Gasteiger partial charge in [-0.25, -0.2) is 0 Å². The second-order valence-electron chi connectivity index (χ2n) is 6.16. The molecule has 0 bridgehead atoms. The molecule has 0 saturated heterocycles. The molecule has 3 heteroatoms. The van der Waals surface area contributed by atoms with E-state index in [1.54, 1.807) is 0 Å². The van der Waals surface area contributed by atoms with Crippen molar-refractivity contribution in [3.8, 4) is 0 Å². The molecule has 2 fully saturated rings. The highest BCUT2D eigenvalue weighted by Crippen LogP contribution is 2.40. The van der Waals surface area contributed by atoms with Crippen molar-refractivity contribution in [3.63, 3.8) is 0 Å². The van der Waals surface area contributed by atoms with E-state index in [0.717, 1.165) is 12.8 Å². The van der Waals surface area contributed by atoms with Gasteiger partial charge in [-0.3, -0.25) is 4.79 Å². The fourth-order valence-corrected chi connectivity index (χ4v) is 3.20. The Hall–Kier alpha value is -1.35. The normalized spacial score (nSPS) is 20.8. The topological polar surface area (TPSA) is 41.1 Å². The van der Waals surface area contributed by atoms with E-state index in [1.165, 1.54) is 31.2 Å². The van der Waals surface area contributed by atoms with Gasteiger partial charge < -0.3 is 10.6 Å². The van der Waals surface area contributed by atoms with Crippen molar-refractivity contribution in [3.05, 3.63) is 35.9 Å². The third-order valence-corrected chi connectivity index (χ3v) is 4.45. The predicted octanol–water partition coefficient (Wildman–Crippen LogP) is 2.79. The summed E-state index contributed by atoms with van der Waals surface area (Å²) in [5.74, 6) is 0.857. The third-order valence-electron chi connectivity index (χ3n) is 4.45. The Kier molecular flexibility index (Phi) is 4.36. The maximum Gasteiger partial charge on any atom is 0.234 e. The van der Waals surface area contributed by atoms with E-state index in [1.807, 2.05) is 6.07 Å². The molecule has 2 aliphatic carbocycles. The molecule has 1 amide bonds. The zero-order valence-corrected chi connectivity index (χ0v) is 12.0. The van der Waals surface area contributed by atoms with Crippen molar-refractivity contribution >= 4 is 5.91 Å². The first-order valence-electron chi connectivity index (χ1n) is 7.90. The Balaban J connectivity index is 1.51. The average Bonchev–Trinajstić information content (AvgIpc) is 3.18. The molecule has 2 aliphatic rings. The Morgan fingerprint density at radius 2 is 1.80 bits per heavy atom. The fraction of sp³-hybridized carbons (Fsp3) is 0.588. The van der Waals surface area contributed by atoms with Crippen molar-refractivity contribution in [2.24, 2.45) is 5.92 Å². The molecule has 108 valence electrons. The Bertz CT molecular complexity index is 436. The van der Waals surface area contributed by atoms with Crippen LogP contribution in [0.25, 0.3) is 0 Å². The molecule has 3 rings (SSSR count). The van der Waals surface area contributed by atoms with Gasteiger partial charge in [-0.05, 0) is 37.2 Å². The van der Waals surface area contributed by atoms with Gasteiger partial charge in [0.25, 0.3) is 0 Å². The summed E-state index contributed by atoms with van der Waals surface area (Å²) in [7, 11) is 0. The molecule has 0 radical (unpaired) electrons. The van der Waals surface area contributed by atoms with E-state index in [4.69, 9.17) is 0 Å². The first-order valence-corrected chi connectivity index (χ1v) is 7.90. The highest BCUT2D eigenvalue weighted by Gasteiger charge is 2.32. The van der Waals surface area contributed by atoms with Gasteiger partial charge in [-0.15, -0.1) is 0 Å². The Morgan fingerprint density at radius 1 is 1.10 bits per heavy atom. The van der Waals surface area contributed by atoms with E-state index in [0.29, 0.717) is 24.5 Å². The first-order chi connectivity index (χ1) is 9.83. The molecule has 0 spiro atoms. The van der Waals surface area contributed by atoms with Crippen LogP contribution in [-0.4, -0.2) is 18.5 Å². The lowest BCUT2D eigenvalue weighted by Crippen LogP contribution is -2.40. The Morgan fingerprint density at radius 3 is 2.45 bits per heavy atom. The zero-order valence-electron chi connectivity index (χ0n) is 12.0. The van der Waals surface area contributed by atoms with Crippen molar-refractivity contribution in [1.82, 2.24) is 10.6 Å². The minimum Gasteiger partial charge on any atom is -0.352 e. The summed E-state index contributed by atoms with van der Waals surface area (Å²) < 4.78 is 0. The van der Waals surface area contributed by atoms with Crippen LogP contribution in [0.2, 0.25) is 0 Å². The summed E-state index contributed by atoms with van der Waals surface area (Å²) in [6.45, 7) is 0.437. The maximum absolute atomic E-state index is 12.0. The lowest BCUT2D eigenvalue weighted by molar-refractivity contribution is -0.121. The molecular formula is C17H24N2O. The third kappa shape index (κ3) is 3.60. The van der Waals surface area contributed by atoms with E-state index in [-0.39, 0.29) is 5.91 Å². The molecule has 0 aliphatic heterocycles. The van der Waals surface area contributed by atoms with Gasteiger partial charge in [-0.2, -0.15) is 0 Å². The molecule has 3 nitrogen and oxygen atoms in total. The standard InChI is InChI=1S/C17H24N2O/c20-16(19-15-8-4-5-9-15)12-18-17(14-10-11-14)13-6-2-1-3-7-13/h1-3,6-7,14-15,17-18H,4-5,8-12H2,(H,19,20)/t17-/m1/s1. The summed E-state index contributed by atoms with van der Waals surface area (Å²) >= 11 is 0. The smallest absolute Gasteiger partial charge is 0.234 e. The van der Waals surface area contributed by atoms with Gasteiger partial charge in [-0.1, -0.05) is 43.2 Å². The van der Waals surface area contributed by atoms with Crippen molar-refractivity contribution in [2.45, 2.75) is 50.6 Å². The lowest BCUT2D eigenvalue weighted by Gasteiger charge is -2.19.